The molecule has 1 aromatic carbocycles. The van der Waals surface area contributed by atoms with Crippen LogP contribution in [0.3, 0.4) is 0 Å². The smallest absolute Gasteiger partial charge is 0.277 e. The van der Waals surface area contributed by atoms with Crippen LogP contribution in [0.4, 0.5) is 8.78 Å². The summed E-state index contributed by atoms with van der Waals surface area (Å²) in [6.07, 6.45) is 0. The summed E-state index contributed by atoms with van der Waals surface area (Å²) in [5, 5.41) is 4.23. The van der Waals surface area contributed by atoms with Crippen molar-refractivity contribution in [3.8, 4) is 5.75 Å². The first-order valence-electron chi connectivity index (χ1n) is 6.22. The van der Waals surface area contributed by atoms with Gasteiger partial charge < -0.3 is 21.1 Å². The van der Waals surface area contributed by atoms with E-state index in [1.165, 1.54) is 0 Å². The van der Waals surface area contributed by atoms with Crippen molar-refractivity contribution in [1.29, 1.82) is 0 Å². The fourth-order valence-corrected chi connectivity index (χ4v) is 1.26. The molecule has 0 spiro atoms. The minimum atomic E-state index is -3.16. The van der Waals surface area contributed by atoms with Crippen LogP contribution in [0.15, 0.2) is 30.3 Å². The first-order chi connectivity index (χ1) is 9.93. The van der Waals surface area contributed by atoms with E-state index < -0.39 is 37.4 Å². The summed E-state index contributed by atoms with van der Waals surface area (Å²) in [5.41, 5.74) is 4.82. The molecule has 1 aromatic rings. The molecule has 0 aliphatic heterocycles. The lowest BCUT2D eigenvalue weighted by Crippen LogP contribution is -2.45. The van der Waals surface area contributed by atoms with Gasteiger partial charge in [0.05, 0.1) is 19.6 Å². The summed E-state index contributed by atoms with van der Waals surface area (Å²) in [5.74, 6) is -3.90. The third kappa shape index (κ3) is 8.38. The number of amides is 2. The molecule has 22 heavy (non-hydrogen) atoms. The maximum atomic E-state index is 12.8. The molecule has 0 saturated carbocycles. The third-order valence-electron chi connectivity index (χ3n) is 2.40. The van der Waals surface area contributed by atoms with Gasteiger partial charge in [0, 0.05) is 0 Å². The van der Waals surface area contributed by atoms with Crippen LogP contribution in [0.5, 0.6) is 5.75 Å². The minimum absolute atomic E-state index is 0. The monoisotopic (exact) mass is 337 g/mol. The first kappa shape index (κ1) is 20.1. The van der Waals surface area contributed by atoms with Crippen LogP contribution in [-0.4, -0.2) is 44.0 Å². The summed E-state index contributed by atoms with van der Waals surface area (Å²) in [7, 11) is 0. The number of nitrogens with two attached hydrogens (primary N) is 1. The maximum Gasteiger partial charge on any atom is 0.277 e. The molecule has 0 unspecified atom stereocenters. The number of rotatable bonds is 8. The molecular formula is C13H18ClF2N3O3. The number of para-hydroxylation sites is 1. The van der Waals surface area contributed by atoms with Gasteiger partial charge in [0.15, 0.2) is 6.61 Å². The molecule has 0 bridgehead atoms. The molecule has 9 heteroatoms. The van der Waals surface area contributed by atoms with Crippen molar-refractivity contribution in [3.05, 3.63) is 30.3 Å². The number of benzene rings is 1. The quantitative estimate of drug-likeness (QED) is 0.636. The molecule has 124 valence electrons. The second kappa shape index (κ2) is 9.91. The van der Waals surface area contributed by atoms with Crippen LogP contribution < -0.4 is 21.1 Å². The van der Waals surface area contributed by atoms with Crippen LogP contribution in [-0.2, 0) is 9.59 Å². The Balaban J connectivity index is 0.00000441. The zero-order valence-electron chi connectivity index (χ0n) is 11.7. The van der Waals surface area contributed by atoms with Gasteiger partial charge in [-0.3, -0.25) is 9.59 Å². The SMILES string of the molecule is Cl.NCC(F)(F)CNC(=O)CNC(=O)COc1ccccc1. The van der Waals surface area contributed by atoms with Gasteiger partial charge in [0.1, 0.15) is 5.75 Å². The number of hydrogen-bond donors (Lipinski definition) is 3. The Kier molecular flexibility index (Phi) is 9.04. The topological polar surface area (TPSA) is 93.5 Å². The minimum Gasteiger partial charge on any atom is -0.484 e. The van der Waals surface area contributed by atoms with Crippen molar-refractivity contribution in [2.24, 2.45) is 5.73 Å². The number of halogens is 3. The maximum absolute atomic E-state index is 12.8. The molecule has 6 nitrogen and oxygen atoms in total. The highest BCUT2D eigenvalue weighted by atomic mass is 35.5. The molecule has 0 aliphatic rings. The van der Waals surface area contributed by atoms with Crippen LogP contribution in [0.2, 0.25) is 0 Å². The van der Waals surface area contributed by atoms with Gasteiger partial charge in [-0.15, -0.1) is 12.4 Å². The highest BCUT2D eigenvalue weighted by molar-refractivity contribution is 5.85. The highest BCUT2D eigenvalue weighted by Gasteiger charge is 2.27. The van der Waals surface area contributed by atoms with Crippen LogP contribution in [0, 0.1) is 0 Å². The average Bonchev–Trinajstić information content (AvgIpc) is 2.50. The van der Waals surface area contributed by atoms with Gasteiger partial charge in [-0.25, -0.2) is 8.78 Å². The van der Waals surface area contributed by atoms with Crippen LogP contribution >= 0.6 is 12.4 Å². The first-order valence-corrected chi connectivity index (χ1v) is 6.22. The van der Waals surface area contributed by atoms with Crippen molar-refractivity contribution < 1.29 is 23.1 Å². The number of hydrogen-bond acceptors (Lipinski definition) is 4. The van der Waals surface area contributed by atoms with E-state index in [1.54, 1.807) is 30.3 Å². The Morgan fingerprint density at radius 1 is 1.14 bits per heavy atom. The van der Waals surface area contributed by atoms with E-state index in [-0.39, 0.29) is 19.0 Å². The molecule has 4 N–H and O–H groups in total. The predicted molar refractivity (Wildman–Crippen MR) is 79.2 cm³/mol. The normalized spacial score (nSPS) is 10.3. The molecule has 0 atom stereocenters. The van der Waals surface area contributed by atoms with Gasteiger partial charge >= 0.3 is 0 Å². The van der Waals surface area contributed by atoms with Crippen molar-refractivity contribution >= 4 is 24.2 Å². The summed E-state index contributed by atoms with van der Waals surface area (Å²) in [4.78, 5) is 22.6. The van der Waals surface area contributed by atoms with Crippen molar-refractivity contribution in [3.63, 3.8) is 0 Å². The molecule has 0 radical (unpaired) electrons. The number of alkyl halides is 2. The summed E-state index contributed by atoms with van der Waals surface area (Å²) in [6, 6.07) is 8.65. The predicted octanol–water partition coefficient (Wildman–Crippen LogP) is 0.314. The second-order valence-electron chi connectivity index (χ2n) is 4.22. The van der Waals surface area contributed by atoms with E-state index in [2.05, 4.69) is 5.32 Å². The Labute approximate surface area is 132 Å². The van der Waals surface area contributed by atoms with Gasteiger partial charge in [0.2, 0.25) is 5.91 Å². The standard InChI is InChI=1S/C13H17F2N3O3.ClH/c14-13(15,8-16)9-18-11(19)6-17-12(20)7-21-10-4-2-1-3-5-10;/h1-5H,6-9,16H2,(H,17,20)(H,18,19);1H. The lowest BCUT2D eigenvalue weighted by Gasteiger charge is -2.14. The molecular weight excluding hydrogens is 320 g/mol. The number of nitrogens with one attached hydrogen (secondary N) is 2. The van der Waals surface area contributed by atoms with Crippen LogP contribution in [0.25, 0.3) is 0 Å². The third-order valence-corrected chi connectivity index (χ3v) is 2.40. The van der Waals surface area contributed by atoms with Crippen molar-refractivity contribution in [1.82, 2.24) is 10.6 Å². The van der Waals surface area contributed by atoms with E-state index in [9.17, 15) is 18.4 Å². The zero-order chi connectivity index (χ0) is 15.7. The fourth-order valence-electron chi connectivity index (χ4n) is 1.26. The van der Waals surface area contributed by atoms with Crippen molar-refractivity contribution in [2.75, 3.05) is 26.2 Å². The molecule has 0 aliphatic carbocycles. The lowest BCUT2D eigenvalue weighted by atomic mass is 10.3. The van der Waals surface area contributed by atoms with Gasteiger partial charge in [0.25, 0.3) is 11.8 Å². The summed E-state index contributed by atoms with van der Waals surface area (Å²) in [6.45, 7) is -2.39. The lowest BCUT2D eigenvalue weighted by molar-refractivity contribution is -0.127. The number of carbonyl (C=O) groups excluding carboxylic acids is 2. The molecule has 0 fully saturated rings. The van der Waals surface area contributed by atoms with E-state index in [0.29, 0.717) is 5.75 Å². The molecule has 2 amide bonds. The second-order valence-corrected chi connectivity index (χ2v) is 4.22. The van der Waals surface area contributed by atoms with Crippen LogP contribution in [0.1, 0.15) is 0 Å². The van der Waals surface area contributed by atoms with E-state index in [0.717, 1.165) is 0 Å². The largest absolute Gasteiger partial charge is 0.484 e. The van der Waals surface area contributed by atoms with E-state index >= 15 is 0 Å². The van der Waals surface area contributed by atoms with Gasteiger partial charge in [-0.1, -0.05) is 18.2 Å². The Morgan fingerprint density at radius 3 is 2.36 bits per heavy atom. The van der Waals surface area contributed by atoms with Crippen molar-refractivity contribution in [2.45, 2.75) is 5.92 Å². The Bertz CT molecular complexity index is 475. The summed E-state index contributed by atoms with van der Waals surface area (Å²) < 4.78 is 30.7. The average molecular weight is 338 g/mol. The van der Waals surface area contributed by atoms with Gasteiger partial charge in [-0.05, 0) is 12.1 Å². The molecule has 1 rings (SSSR count). The Morgan fingerprint density at radius 2 is 1.77 bits per heavy atom. The summed E-state index contributed by atoms with van der Waals surface area (Å²) >= 11 is 0. The van der Waals surface area contributed by atoms with Gasteiger partial charge in [-0.2, -0.15) is 0 Å². The van der Waals surface area contributed by atoms with E-state index in [1.807, 2.05) is 5.32 Å². The highest BCUT2D eigenvalue weighted by Crippen LogP contribution is 2.08. The zero-order valence-corrected chi connectivity index (χ0v) is 12.5. The number of carbonyl (C=O) groups is 2. The fraction of sp³-hybridized carbons (Fsp3) is 0.385. The number of ether oxygens (including phenoxy) is 1. The molecule has 0 heterocycles. The van der Waals surface area contributed by atoms with E-state index in [4.69, 9.17) is 10.5 Å². The molecule has 0 aromatic heterocycles. The molecule has 0 saturated heterocycles. The Hall–Kier alpha value is -1.93.